The number of unbranched alkanes of at least 4 members (excludes halogenated alkanes) is 1. The first-order valence-electron chi connectivity index (χ1n) is 5.43. The molecule has 1 aromatic carbocycles. The first kappa shape index (κ1) is 10.0. The maximum absolute atomic E-state index is 5.73. The molecule has 0 saturated heterocycles. The SMILES string of the molecule is CCCCc1nc2cc(N)ccc2n1C. The molecule has 0 bridgehead atoms. The van der Waals surface area contributed by atoms with E-state index in [1.54, 1.807) is 0 Å². The van der Waals surface area contributed by atoms with Gasteiger partial charge in [-0.3, -0.25) is 0 Å². The van der Waals surface area contributed by atoms with E-state index in [0.717, 1.165) is 29.0 Å². The minimum Gasteiger partial charge on any atom is -0.399 e. The van der Waals surface area contributed by atoms with Gasteiger partial charge in [-0.05, 0) is 24.6 Å². The van der Waals surface area contributed by atoms with Crippen molar-refractivity contribution < 1.29 is 0 Å². The van der Waals surface area contributed by atoms with Crippen LogP contribution in [0.5, 0.6) is 0 Å². The summed E-state index contributed by atoms with van der Waals surface area (Å²) in [6, 6.07) is 5.89. The Kier molecular flexibility index (Phi) is 2.62. The number of hydrogen-bond acceptors (Lipinski definition) is 2. The van der Waals surface area contributed by atoms with Crippen LogP contribution in [0.2, 0.25) is 0 Å². The lowest BCUT2D eigenvalue weighted by atomic mass is 10.2. The fourth-order valence-electron chi connectivity index (χ4n) is 1.83. The number of aromatic nitrogens is 2. The second-order valence-corrected chi connectivity index (χ2v) is 3.94. The number of hydrogen-bond donors (Lipinski definition) is 1. The largest absolute Gasteiger partial charge is 0.399 e. The molecule has 2 rings (SSSR count). The fraction of sp³-hybridized carbons (Fsp3) is 0.417. The Morgan fingerprint density at radius 1 is 1.40 bits per heavy atom. The lowest BCUT2D eigenvalue weighted by Gasteiger charge is -2.00. The van der Waals surface area contributed by atoms with E-state index in [0.29, 0.717) is 0 Å². The van der Waals surface area contributed by atoms with Gasteiger partial charge in [-0.15, -0.1) is 0 Å². The van der Waals surface area contributed by atoms with Crippen molar-refractivity contribution in [1.82, 2.24) is 9.55 Å². The number of nitrogens with zero attached hydrogens (tertiary/aromatic N) is 2. The summed E-state index contributed by atoms with van der Waals surface area (Å²) in [5, 5.41) is 0. The van der Waals surface area contributed by atoms with Gasteiger partial charge in [0, 0.05) is 19.2 Å². The van der Waals surface area contributed by atoms with Crippen LogP contribution in [-0.2, 0) is 13.5 Å². The third kappa shape index (κ3) is 1.82. The fourth-order valence-corrected chi connectivity index (χ4v) is 1.83. The van der Waals surface area contributed by atoms with Gasteiger partial charge in [0.15, 0.2) is 0 Å². The molecule has 0 spiro atoms. The van der Waals surface area contributed by atoms with Gasteiger partial charge in [0.2, 0.25) is 0 Å². The average molecular weight is 203 g/mol. The molecular formula is C12H17N3. The Morgan fingerprint density at radius 3 is 2.93 bits per heavy atom. The van der Waals surface area contributed by atoms with E-state index in [1.165, 1.54) is 12.8 Å². The molecule has 0 aliphatic carbocycles. The van der Waals surface area contributed by atoms with Crippen LogP contribution in [0, 0.1) is 0 Å². The normalized spacial score (nSPS) is 11.1. The Morgan fingerprint density at radius 2 is 2.20 bits per heavy atom. The maximum atomic E-state index is 5.73. The molecule has 0 radical (unpaired) electrons. The molecule has 0 unspecified atom stereocenters. The highest BCUT2D eigenvalue weighted by molar-refractivity contribution is 5.79. The van der Waals surface area contributed by atoms with Crippen LogP contribution in [0.4, 0.5) is 5.69 Å². The summed E-state index contributed by atoms with van der Waals surface area (Å²) < 4.78 is 2.16. The first-order valence-corrected chi connectivity index (χ1v) is 5.43. The zero-order valence-corrected chi connectivity index (χ0v) is 9.33. The smallest absolute Gasteiger partial charge is 0.109 e. The summed E-state index contributed by atoms with van der Waals surface area (Å²) in [7, 11) is 2.07. The molecule has 0 saturated carbocycles. The summed E-state index contributed by atoms with van der Waals surface area (Å²) >= 11 is 0. The molecule has 3 heteroatoms. The first-order chi connectivity index (χ1) is 7.22. The highest BCUT2D eigenvalue weighted by Gasteiger charge is 2.06. The lowest BCUT2D eigenvalue weighted by Crippen LogP contribution is -1.97. The Hall–Kier alpha value is -1.51. The molecule has 1 aromatic heterocycles. The van der Waals surface area contributed by atoms with Crippen LogP contribution in [0.15, 0.2) is 18.2 Å². The number of imidazole rings is 1. The van der Waals surface area contributed by atoms with Crippen LogP contribution < -0.4 is 5.73 Å². The predicted octanol–water partition coefficient (Wildman–Crippen LogP) is 2.50. The van der Waals surface area contributed by atoms with Gasteiger partial charge in [-0.1, -0.05) is 13.3 Å². The molecule has 15 heavy (non-hydrogen) atoms. The number of rotatable bonds is 3. The monoisotopic (exact) mass is 203 g/mol. The van der Waals surface area contributed by atoms with Gasteiger partial charge >= 0.3 is 0 Å². The van der Waals surface area contributed by atoms with E-state index in [9.17, 15) is 0 Å². The van der Waals surface area contributed by atoms with Gasteiger partial charge in [0.1, 0.15) is 5.82 Å². The molecule has 80 valence electrons. The molecule has 0 fully saturated rings. The van der Waals surface area contributed by atoms with Crippen LogP contribution >= 0.6 is 0 Å². The summed E-state index contributed by atoms with van der Waals surface area (Å²) in [5.74, 6) is 1.15. The number of anilines is 1. The molecule has 2 N–H and O–H groups in total. The molecule has 3 nitrogen and oxygen atoms in total. The Bertz CT molecular complexity index is 471. The third-order valence-electron chi connectivity index (χ3n) is 2.75. The molecule has 0 amide bonds. The van der Waals surface area contributed by atoms with E-state index in [-0.39, 0.29) is 0 Å². The molecule has 0 aliphatic heterocycles. The lowest BCUT2D eigenvalue weighted by molar-refractivity contribution is 0.720. The van der Waals surface area contributed by atoms with Crippen LogP contribution in [-0.4, -0.2) is 9.55 Å². The standard InChI is InChI=1S/C12H17N3/c1-3-4-5-12-14-10-8-9(13)6-7-11(10)15(12)2/h6-8H,3-5,13H2,1-2H3. The van der Waals surface area contributed by atoms with Crippen LogP contribution in [0.3, 0.4) is 0 Å². The van der Waals surface area contributed by atoms with E-state index < -0.39 is 0 Å². The van der Waals surface area contributed by atoms with E-state index in [1.807, 2.05) is 18.2 Å². The van der Waals surface area contributed by atoms with Crippen molar-refractivity contribution in [3.8, 4) is 0 Å². The van der Waals surface area contributed by atoms with Gasteiger partial charge in [0.25, 0.3) is 0 Å². The van der Waals surface area contributed by atoms with Crippen LogP contribution in [0.1, 0.15) is 25.6 Å². The maximum Gasteiger partial charge on any atom is 0.109 e. The number of fused-ring (bicyclic) bond motifs is 1. The third-order valence-corrected chi connectivity index (χ3v) is 2.75. The van der Waals surface area contributed by atoms with Crippen LogP contribution in [0.25, 0.3) is 11.0 Å². The summed E-state index contributed by atoms with van der Waals surface area (Å²) in [6.45, 7) is 2.20. The summed E-state index contributed by atoms with van der Waals surface area (Å²) in [5.41, 5.74) is 8.68. The van der Waals surface area contributed by atoms with Crippen molar-refractivity contribution >= 4 is 16.7 Å². The average Bonchev–Trinajstić information content (AvgIpc) is 2.52. The Labute approximate surface area is 89.9 Å². The summed E-state index contributed by atoms with van der Waals surface area (Å²) in [4.78, 5) is 4.59. The zero-order chi connectivity index (χ0) is 10.8. The summed E-state index contributed by atoms with van der Waals surface area (Å²) in [6.07, 6.45) is 3.43. The van der Waals surface area contributed by atoms with Crippen molar-refractivity contribution in [3.63, 3.8) is 0 Å². The second-order valence-electron chi connectivity index (χ2n) is 3.94. The molecule has 0 atom stereocenters. The molecular weight excluding hydrogens is 186 g/mol. The molecule has 2 aromatic rings. The number of benzene rings is 1. The Balaban J connectivity index is 2.44. The van der Waals surface area contributed by atoms with Gasteiger partial charge in [-0.2, -0.15) is 0 Å². The minimum absolute atomic E-state index is 0.780. The van der Waals surface area contributed by atoms with E-state index in [2.05, 4.69) is 23.5 Å². The van der Waals surface area contributed by atoms with Gasteiger partial charge < -0.3 is 10.3 Å². The zero-order valence-electron chi connectivity index (χ0n) is 9.33. The van der Waals surface area contributed by atoms with Gasteiger partial charge in [0.05, 0.1) is 11.0 Å². The number of nitrogens with two attached hydrogens (primary N) is 1. The van der Waals surface area contributed by atoms with Crippen molar-refractivity contribution in [1.29, 1.82) is 0 Å². The quantitative estimate of drug-likeness (QED) is 0.779. The number of aryl methyl sites for hydroxylation is 2. The molecule has 0 aliphatic rings. The molecule has 1 heterocycles. The van der Waals surface area contributed by atoms with Gasteiger partial charge in [-0.25, -0.2) is 4.98 Å². The highest BCUT2D eigenvalue weighted by Crippen LogP contribution is 2.18. The second kappa shape index (κ2) is 3.93. The number of nitrogen functional groups attached to an aromatic ring is 1. The van der Waals surface area contributed by atoms with E-state index in [4.69, 9.17) is 5.73 Å². The topological polar surface area (TPSA) is 43.8 Å². The van der Waals surface area contributed by atoms with Crippen molar-refractivity contribution in [3.05, 3.63) is 24.0 Å². The van der Waals surface area contributed by atoms with Crippen molar-refractivity contribution in [2.75, 3.05) is 5.73 Å². The predicted molar refractivity (Wildman–Crippen MR) is 63.7 cm³/mol. The van der Waals surface area contributed by atoms with E-state index >= 15 is 0 Å². The minimum atomic E-state index is 0.780. The van der Waals surface area contributed by atoms with Crippen molar-refractivity contribution in [2.24, 2.45) is 7.05 Å². The highest BCUT2D eigenvalue weighted by atomic mass is 15.1. The van der Waals surface area contributed by atoms with Crippen molar-refractivity contribution in [2.45, 2.75) is 26.2 Å².